The van der Waals surface area contributed by atoms with Gasteiger partial charge >= 0.3 is 0 Å². The highest BCUT2D eigenvalue weighted by molar-refractivity contribution is 7.92. The average Bonchev–Trinajstić information content (AvgIpc) is 3.11. The summed E-state index contributed by atoms with van der Waals surface area (Å²) in [5.41, 5.74) is 3.06. The number of para-hydroxylation sites is 1. The Morgan fingerprint density at radius 2 is 1.66 bits per heavy atom. The Morgan fingerprint density at radius 1 is 0.966 bits per heavy atom. The third-order valence-corrected chi connectivity index (χ3v) is 6.69. The van der Waals surface area contributed by atoms with Crippen molar-refractivity contribution in [3.63, 3.8) is 0 Å². The molecular formula is C22H20N2O4S. The molecule has 0 bridgehead atoms. The summed E-state index contributed by atoms with van der Waals surface area (Å²) in [7, 11) is -1.85. The number of nitrogens with one attached hydrogen (secondary N) is 1. The van der Waals surface area contributed by atoms with Crippen molar-refractivity contribution < 1.29 is 17.6 Å². The highest BCUT2D eigenvalue weighted by Gasteiger charge is 2.16. The number of carbonyl (C=O) groups excluding carboxylic acids is 1. The van der Waals surface area contributed by atoms with Crippen molar-refractivity contribution in [2.24, 2.45) is 0 Å². The molecular weight excluding hydrogens is 388 g/mol. The molecule has 0 saturated heterocycles. The van der Waals surface area contributed by atoms with Crippen LogP contribution in [-0.4, -0.2) is 27.1 Å². The number of furan rings is 1. The fourth-order valence-electron chi connectivity index (χ4n) is 3.18. The maximum atomic E-state index is 12.6. The maximum Gasteiger partial charge on any atom is 0.255 e. The number of rotatable bonds is 5. The Morgan fingerprint density at radius 3 is 2.38 bits per heavy atom. The summed E-state index contributed by atoms with van der Waals surface area (Å²) in [5, 5.41) is 4.87. The van der Waals surface area contributed by atoms with Gasteiger partial charge in [-0.15, -0.1) is 0 Å². The molecule has 1 aromatic heterocycles. The van der Waals surface area contributed by atoms with E-state index in [2.05, 4.69) is 5.32 Å². The SMILES string of the molecule is CCS(=O)(=O)N(C)c1ccc(C(=O)Nc2ccc3c(c2)oc2ccccc23)cc1. The van der Waals surface area contributed by atoms with Gasteiger partial charge in [-0.1, -0.05) is 18.2 Å². The van der Waals surface area contributed by atoms with Gasteiger partial charge in [-0.2, -0.15) is 0 Å². The zero-order chi connectivity index (χ0) is 20.6. The second-order valence-corrected chi connectivity index (χ2v) is 8.97. The minimum Gasteiger partial charge on any atom is -0.456 e. The summed E-state index contributed by atoms with van der Waals surface area (Å²) in [5.74, 6) is -0.274. The van der Waals surface area contributed by atoms with Crippen LogP contribution >= 0.6 is 0 Å². The molecule has 0 aliphatic heterocycles. The predicted octanol–water partition coefficient (Wildman–Crippen LogP) is 4.62. The Kier molecular flexibility index (Phi) is 4.76. The molecule has 6 nitrogen and oxygen atoms in total. The van der Waals surface area contributed by atoms with Gasteiger partial charge in [-0.3, -0.25) is 9.10 Å². The summed E-state index contributed by atoms with van der Waals surface area (Å²) >= 11 is 0. The van der Waals surface area contributed by atoms with Gasteiger partial charge in [0.05, 0.1) is 11.4 Å². The number of hydrogen-bond acceptors (Lipinski definition) is 4. The summed E-state index contributed by atoms with van der Waals surface area (Å²) in [6.07, 6.45) is 0. The molecule has 1 N–H and O–H groups in total. The highest BCUT2D eigenvalue weighted by atomic mass is 32.2. The van der Waals surface area contributed by atoms with Crippen molar-refractivity contribution in [2.75, 3.05) is 22.4 Å². The monoisotopic (exact) mass is 408 g/mol. The minimum absolute atomic E-state index is 0.00993. The number of carbonyl (C=O) groups is 1. The van der Waals surface area contributed by atoms with Crippen molar-refractivity contribution in [3.05, 3.63) is 72.3 Å². The summed E-state index contributed by atoms with van der Waals surface area (Å²) in [6, 6.07) is 19.8. The van der Waals surface area contributed by atoms with Crippen LogP contribution in [0.5, 0.6) is 0 Å². The van der Waals surface area contributed by atoms with Crippen LogP contribution < -0.4 is 9.62 Å². The first kappa shape index (κ1) is 19.0. The molecule has 7 heteroatoms. The van der Waals surface area contributed by atoms with Crippen LogP contribution in [0.2, 0.25) is 0 Å². The first-order valence-corrected chi connectivity index (χ1v) is 10.8. The second-order valence-electron chi connectivity index (χ2n) is 6.68. The van der Waals surface area contributed by atoms with E-state index in [1.54, 1.807) is 37.3 Å². The summed E-state index contributed by atoms with van der Waals surface area (Å²) < 4.78 is 31.0. The topological polar surface area (TPSA) is 79.6 Å². The summed E-state index contributed by atoms with van der Waals surface area (Å²) in [4.78, 5) is 12.6. The molecule has 29 heavy (non-hydrogen) atoms. The van der Waals surface area contributed by atoms with Gasteiger partial charge in [0.15, 0.2) is 0 Å². The number of sulfonamides is 1. The minimum atomic E-state index is -3.34. The molecule has 0 unspecified atom stereocenters. The van der Waals surface area contributed by atoms with E-state index in [0.717, 1.165) is 16.4 Å². The van der Waals surface area contributed by atoms with Crippen LogP contribution in [0.4, 0.5) is 11.4 Å². The lowest BCUT2D eigenvalue weighted by atomic mass is 10.1. The number of anilines is 2. The number of fused-ring (bicyclic) bond motifs is 3. The van der Waals surface area contributed by atoms with Gasteiger partial charge in [-0.25, -0.2) is 8.42 Å². The number of hydrogen-bond donors (Lipinski definition) is 1. The molecule has 0 aliphatic carbocycles. The Bertz CT molecular complexity index is 1310. The smallest absolute Gasteiger partial charge is 0.255 e. The molecule has 0 aliphatic rings. The fraction of sp³-hybridized carbons (Fsp3) is 0.136. The highest BCUT2D eigenvalue weighted by Crippen LogP contribution is 2.30. The number of nitrogens with zero attached hydrogens (tertiary/aromatic N) is 1. The molecule has 0 spiro atoms. The Balaban J connectivity index is 1.55. The van der Waals surface area contributed by atoms with E-state index in [9.17, 15) is 13.2 Å². The van der Waals surface area contributed by atoms with Crippen LogP contribution in [0.1, 0.15) is 17.3 Å². The van der Waals surface area contributed by atoms with Gasteiger partial charge in [0.25, 0.3) is 5.91 Å². The standard InChI is InChI=1S/C22H20N2O4S/c1-3-29(26,27)24(2)17-11-8-15(9-12-17)22(25)23-16-10-13-19-18-6-4-5-7-20(18)28-21(19)14-16/h4-14H,3H2,1-2H3,(H,23,25). The normalized spacial score (nSPS) is 11.7. The zero-order valence-electron chi connectivity index (χ0n) is 16.0. The van der Waals surface area contributed by atoms with Crippen LogP contribution in [0.15, 0.2) is 71.1 Å². The van der Waals surface area contributed by atoms with E-state index in [0.29, 0.717) is 22.5 Å². The molecule has 4 aromatic rings. The van der Waals surface area contributed by atoms with Gasteiger partial charge in [0, 0.05) is 35.1 Å². The van der Waals surface area contributed by atoms with Crippen LogP contribution in [0.25, 0.3) is 21.9 Å². The third kappa shape index (κ3) is 3.56. The number of benzene rings is 3. The van der Waals surface area contributed by atoms with E-state index in [-0.39, 0.29) is 11.7 Å². The molecule has 0 saturated carbocycles. The first-order valence-electron chi connectivity index (χ1n) is 9.18. The molecule has 1 heterocycles. The molecule has 3 aromatic carbocycles. The van der Waals surface area contributed by atoms with E-state index in [1.165, 1.54) is 11.4 Å². The van der Waals surface area contributed by atoms with Crippen molar-refractivity contribution >= 4 is 49.2 Å². The quantitative estimate of drug-likeness (QED) is 0.522. The second kappa shape index (κ2) is 7.25. The van der Waals surface area contributed by atoms with Crippen molar-refractivity contribution in [3.8, 4) is 0 Å². The lowest BCUT2D eigenvalue weighted by Crippen LogP contribution is -2.28. The largest absolute Gasteiger partial charge is 0.456 e. The first-order chi connectivity index (χ1) is 13.9. The molecule has 1 amide bonds. The molecule has 0 fully saturated rings. The van der Waals surface area contributed by atoms with E-state index in [4.69, 9.17) is 4.42 Å². The molecule has 4 rings (SSSR count). The van der Waals surface area contributed by atoms with Crippen LogP contribution in [0.3, 0.4) is 0 Å². The average molecular weight is 408 g/mol. The zero-order valence-corrected chi connectivity index (χ0v) is 16.9. The van der Waals surface area contributed by atoms with Crippen molar-refractivity contribution in [2.45, 2.75) is 6.92 Å². The lowest BCUT2D eigenvalue weighted by molar-refractivity contribution is 0.102. The van der Waals surface area contributed by atoms with E-state index >= 15 is 0 Å². The van der Waals surface area contributed by atoms with Gasteiger partial charge in [-0.05, 0) is 49.4 Å². The molecule has 0 radical (unpaired) electrons. The predicted molar refractivity (Wildman–Crippen MR) is 116 cm³/mol. The van der Waals surface area contributed by atoms with Crippen LogP contribution in [0, 0.1) is 0 Å². The van der Waals surface area contributed by atoms with Gasteiger partial charge in [0.1, 0.15) is 11.2 Å². The number of amides is 1. The van der Waals surface area contributed by atoms with E-state index < -0.39 is 10.0 Å². The Labute approximate surface area is 168 Å². The Hall–Kier alpha value is -3.32. The third-order valence-electron chi connectivity index (χ3n) is 4.91. The molecule has 148 valence electrons. The molecule has 0 atom stereocenters. The van der Waals surface area contributed by atoms with E-state index in [1.807, 2.05) is 36.4 Å². The fourth-order valence-corrected chi connectivity index (χ4v) is 4.01. The summed E-state index contributed by atoms with van der Waals surface area (Å²) in [6.45, 7) is 1.59. The van der Waals surface area contributed by atoms with Crippen molar-refractivity contribution in [1.82, 2.24) is 0 Å². The lowest BCUT2D eigenvalue weighted by Gasteiger charge is -2.18. The van der Waals surface area contributed by atoms with Gasteiger partial charge < -0.3 is 9.73 Å². The maximum absolute atomic E-state index is 12.6. The van der Waals surface area contributed by atoms with Crippen LogP contribution in [-0.2, 0) is 10.0 Å². The van der Waals surface area contributed by atoms with Gasteiger partial charge in [0.2, 0.25) is 10.0 Å². The van der Waals surface area contributed by atoms with Crippen molar-refractivity contribution in [1.29, 1.82) is 0 Å².